The minimum atomic E-state index is 0.738. The van der Waals surface area contributed by atoms with E-state index in [4.69, 9.17) is 4.74 Å². The fourth-order valence-corrected chi connectivity index (χ4v) is 3.74. The van der Waals surface area contributed by atoms with Gasteiger partial charge in [-0.3, -0.25) is 4.90 Å². The number of nitrogens with zero attached hydrogens (tertiary/aromatic N) is 1. The van der Waals surface area contributed by atoms with E-state index in [1.54, 1.807) is 0 Å². The highest BCUT2D eigenvalue weighted by atomic mass is 16.5. The lowest BCUT2D eigenvalue weighted by atomic mass is 9.88. The van der Waals surface area contributed by atoms with Gasteiger partial charge < -0.3 is 10.1 Å². The first-order valence-corrected chi connectivity index (χ1v) is 8.52. The second-order valence-corrected chi connectivity index (χ2v) is 6.39. The molecule has 116 valence electrons. The largest absolute Gasteiger partial charge is 0.494 e. The lowest BCUT2D eigenvalue weighted by molar-refractivity contribution is 0.157. The Morgan fingerprint density at radius 3 is 2.52 bits per heavy atom. The first-order chi connectivity index (χ1) is 10.3. The normalized spacial score (nSPS) is 24.3. The second-order valence-electron chi connectivity index (χ2n) is 6.39. The van der Waals surface area contributed by atoms with Crippen LogP contribution in [0.4, 0.5) is 0 Å². The Labute approximate surface area is 128 Å². The summed E-state index contributed by atoms with van der Waals surface area (Å²) in [6.45, 7) is 7.57. The fraction of sp³-hybridized carbons (Fsp3) is 0.667. The van der Waals surface area contributed by atoms with Crippen molar-refractivity contribution in [2.24, 2.45) is 5.92 Å². The molecule has 2 heterocycles. The zero-order chi connectivity index (χ0) is 14.5. The van der Waals surface area contributed by atoms with Crippen LogP contribution in [0.1, 0.15) is 38.2 Å². The van der Waals surface area contributed by atoms with Crippen molar-refractivity contribution in [3.05, 3.63) is 29.8 Å². The zero-order valence-electron chi connectivity index (χ0n) is 13.2. The second kappa shape index (κ2) is 7.28. The number of likely N-dealkylation sites (tertiary alicyclic amines) is 1. The van der Waals surface area contributed by atoms with Gasteiger partial charge in [0, 0.05) is 12.6 Å². The fourth-order valence-electron chi connectivity index (χ4n) is 3.74. The maximum Gasteiger partial charge on any atom is 0.119 e. The standard InChI is InChI=1S/C18H28N2O/c1-2-21-17-7-5-15(6-8-17)14-20-12-9-16(10-13-20)18-4-3-11-19-18/h5-8,16,18-19H,2-4,9-14H2,1H3. The number of hydrogen-bond acceptors (Lipinski definition) is 3. The Bertz CT molecular complexity index is 417. The van der Waals surface area contributed by atoms with Crippen molar-refractivity contribution in [1.29, 1.82) is 0 Å². The Kier molecular flexibility index (Phi) is 5.15. The minimum absolute atomic E-state index is 0.738. The Hall–Kier alpha value is -1.06. The van der Waals surface area contributed by atoms with Crippen LogP contribution in [0.2, 0.25) is 0 Å². The third-order valence-electron chi connectivity index (χ3n) is 4.94. The average molecular weight is 288 g/mol. The summed E-state index contributed by atoms with van der Waals surface area (Å²) < 4.78 is 5.50. The number of rotatable bonds is 5. The Balaban J connectivity index is 1.46. The van der Waals surface area contributed by atoms with Crippen molar-refractivity contribution in [2.45, 2.75) is 45.2 Å². The van der Waals surface area contributed by atoms with Gasteiger partial charge in [0.15, 0.2) is 0 Å². The lowest BCUT2D eigenvalue weighted by Crippen LogP contribution is -2.40. The topological polar surface area (TPSA) is 24.5 Å². The predicted molar refractivity (Wildman–Crippen MR) is 86.6 cm³/mol. The highest BCUT2D eigenvalue weighted by molar-refractivity contribution is 5.27. The quantitative estimate of drug-likeness (QED) is 0.901. The van der Waals surface area contributed by atoms with E-state index < -0.39 is 0 Å². The summed E-state index contributed by atoms with van der Waals surface area (Å²) in [6, 6.07) is 9.39. The summed E-state index contributed by atoms with van der Waals surface area (Å²) in [4.78, 5) is 2.60. The first-order valence-electron chi connectivity index (χ1n) is 8.52. The van der Waals surface area contributed by atoms with Crippen molar-refractivity contribution in [2.75, 3.05) is 26.2 Å². The maximum atomic E-state index is 5.50. The molecule has 0 spiro atoms. The zero-order valence-corrected chi connectivity index (χ0v) is 13.2. The number of hydrogen-bond donors (Lipinski definition) is 1. The molecule has 2 aliphatic heterocycles. The monoisotopic (exact) mass is 288 g/mol. The summed E-state index contributed by atoms with van der Waals surface area (Å²) in [5.41, 5.74) is 1.40. The maximum absolute atomic E-state index is 5.50. The van der Waals surface area contributed by atoms with Crippen LogP contribution in [0, 0.1) is 5.92 Å². The van der Waals surface area contributed by atoms with Crippen LogP contribution in [0.3, 0.4) is 0 Å². The lowest BCUT2D eigenvalue weighted by Gasteiger charge is -2.34. The molecule has 1 aromatic rings. The van der Waals surface area contributed by atoms with E-state index in [1.165, 1.54) is 50.9 Å². The molecule has 1 aromatic carbocycles. The van der Waals surface area contributed by atoms with Gasteiger partial charge in [-0.2, -0.15) is 0 Å². The molecule has 1 unspecified atom stereocenters. The molecule has 0 aliphatic carbocycles. The third kappa shape index (κ3) is 3.98. The van der Waals surface area contributed by atoms with Crippen molar-refractivity contribution in [3.8, 4) is 5.75 Å². The van der Waals surface area contributed by atoms with Gasteiger partial charge in [0.2, 0.25) is 0 Å². The van der Waals surface area contributed by atoms with Gasteiger partial charge in [-0.15, -0.1) is 0 Å². The minimum Gasteiger partial charge on any atom is -0.494 e. The molecule has 2 aliphatic rings. The van der Waals surface area contributed by atoms with Gasteiger partial charge in [-0.05, 0) is 75.9 Å². The summed E-state index contributed by atoms with van der Waals surface area (Å²) in [5.74, 6) is 1.89. The van der Waals surface area contributed by atoms with Crippen LogP contribution < -0.4 is 10.1 Å². The SMILES string of the molecule is CCOc1ccc(CN2CCC(C3CCCN3)CC2)cc1. The number of benzene rings is 1. The molecule has 21 heavy (non-hydrogen) atoms. The molecule has 3 rings (SSSR count). The smallest absolute Gasteiger partial charge is 0.119 e. The van der Waals surface area contributed by atoms with Gasteiger partial charge in [-0.25, -0.2) is 0 Å². The van der Waals surface area contributed by atoms with E-state index in [-0.39, 0.29) is 0 Å². The molecular formula is C18H28N2O. The summed E-state index contributed by atoms with van der Waals surface area (Å²) in [5, 5.41) is 3.68. The molecular weight excluding hydrogens is 260 g/mol. The van der Waals surface area contributed by atoms with Crippen molar-refractivity contribution in [1.82, 2.24) is 10.2 Å². The molecule has 1 N–H and O–H groups in total. The Morgan fingerprint density at radius 1 is 1.14 bits per heavy atom. The van der Waals surface area contributed by atoms with Gasteiger partial charge in [0.25, 0.3) is 0 Å². The van der Waals surface area contributed by atoms with Gasteiger partial charge >= 0.3 is 0 Å². The number of piperidine rings is 1. The molecule has 0 radical (unpaired) electrons. The van der Waals surface area contributed by atoms with Gasteiger partial charge in [0.05, 0.1) is 6.61 Å². The molecule has 3 nitrogen and oxygen atoms in total. The van der Waals surface area contributed by atoms with E-state index >= 15 is 0 Å². The number of ether oxygens (including phenoxy) is 1. The van der Waals surface area contributed by atoms with E-state index in [0.29, 0.717) is 0 Å². The van der Waals surface area contributed by atoms with Crippen LogP contribution in [0.5, 0.6) is 5.75 Å². The van der Waals surface area contributed by atoms with Crippen molar-refractivity contribution < 1.29 is 4.74 Å². The van der Waals surface area contributed by atoms with Crippen LogP contribution >= 0.6 is 0 Å². The molecule has 2 saturated heterocycles. The first kappa shape index (κ1) is 14.9. The van der Waals surface area contributed by atoms with E-state index in [9.17, 15) is 0 Å². The molecule has 0 bridgehead atoms. The van der Waals surface area contributed by atoms with Crippen LogP contribution in [-0.4, -0.2) is 37.2 Å². The summed E-state index contributed by atoms with van der Waals surface area (Å²) in [7, 11) is 0. The van der Waals surface area contributed by atoms with Gasteiger partial charge in [0.1, 0.15) is 5.75 Å². The molecule has 0 aromatic heterocycles. The van der Waals surface area contributed by atoms with E-state index in [1.807, 2.05) is 6.92 Å². The summed E-state index contributed by atoms with van der Waals surface area (Å²) >= 11 is 0. The Morgan fingerprint density at radius 2 is 1.90 bits per heavy atom. The van der Waals surface area contributed by atoms with E-state index in [2.05, 4.69) is 34.5 Å². The highest BCUT2D eigenvalue weighted by Crippen LogP contribution is 2.26. The molecule has 2 fully saturated rings. The van der Waals surface area contributed by atoms with Crippen LogP contribution in [0.15, 0.2) is 24.3 Å². The predicted octanol–water partition coefficient (Wildman–Crippen LogP) is 3.05. The van der Waals surface area contributed by atoms with Gasteiger partial charge in [-0.1, -0.05) is 12.1 Å². The average Bonchev–Trinajstić information content (AvgIpc) is 3.05. The van der Waals surface area contributed by atoms with E-state index in [0.717, 1.165) is 30.9 Å². The molecule has 1 atom stereocenters. The highest BCUT2D eigenvalue weighted by Gasteiger charge is 2.28. The molecule has 0 saturated carbocycles. The van der Waals surface area contributed by atoms with Crippen molar-refractivity contribution in [3.63, 3.8) is 0 Å². The van der Waals surface area contributed by atoms with Crippen molar-refractivity contribution >= 4 is 0 Å². The third-order valence-corrected chi connectivity index (χ3v) is 4.94. The molecule has 3 heteroatoms. The van der Waals surface area contributed by atoms with Crippen LogP contribution in [-0.2, 0) is 6.54 Å². The summed E-state index contributed by atoms with van der Waals surface area (Å²) in [6.07, 6.45) is 5.48. The van der Waals surface area contributed by atoms with Crippen LogP contribution in [0.25, 0.3) is 0 Å². The molecule has 0 amide bonds. The number of nitrogens with one attached hydrogen (secondary N) is 1.